The average Bonchev–Trinajstić information content (AvgIpc) is 2.62. The molecule has 0 aromatic heterocycles. The lowest BCUT2D eigenvalue weighted by Gasteiger charge is -2.23. The SMILES string of the molecule is CC1COC(C)(C2CC2)N1.Cl. The molecule has 11 heavy (non-hydrogen) atoms. The molecule has 1 saturated carbocycles. The van der Waals surface area contributed by atoms with Gasteiger partial charge in [0, 0.05) is 12.0 Å². The van der Waals surface area contributed by atoms with E-state index in [0.29, 0.717) is 6.04 Å². The summed E-state index contributed by atoms with van der Waals surface area (Å²) in [7, 11) is 0. The molecular formula is C8H16ClNO. The third kappa shape index (κ3) is 1.68. The van der Waals surface area contributed by atoms with Gasteiger partial charge in [-0.05, 0) is 26.7 Å². The van der Waals surface area contributed by atoms with Crippen molar-refractivity contribution in [1.29, 1.82) is 0 Å². The van der Waals surface area contributed by atoms with Gasteiger partial charge in [-0.2, -0.15) is 0 Å². The summed E-state index contributed by atoms with van der Waals surface area (Å²) in [5.41, 5.74) is 0.0272. The van der Waals surface area contributed by atoms with Crippen molar-refractivity contribution < 1.29 is 4.74 Å². The quantitative estimate of drug-likeness (QED) is 0.656. The summed E-state index contributed by atoms with van der Waals surface area (Å²) in [5.74, 6) is 0.789. The highest BCUT2D eigenvalue weighted by atomic mass is 35.5. The van der Waals surface area contributed by atoms with Crippen LogP contribution in [-0.4, -0.2) is 18.4 Å². The number of hydrogen-bond donors (Lipinski definition) is 1. The maximum atomic E-state index is 5.67. The predicted molar refractivity (Wildman–Crippen MR) is 46.9 cm³/mol. The van der Waals surface area contributed by atoms with E-state index in [4.69, 9.17) is 4.74 Å². The molecule has 0 aromatic rings. The van der Waals surface area contributed by atoms with Crippen molar-refractivity contribution in [3.63, 3.8) is 0 Å². The molecular weight excluding hydrogens is 162 g/mol. The second-order valence-electron chi connectivity index (χ2n) is 3.74. The van der Waals surface area contributed by atoms with Gasteiger partial charge in [0.25, 0.3) is 0 Å². The average molecular weight is 178 g/mol. The Labute approximate surface area is 74.1 Å². The molecule has 1 aliphatic heterocycles. The topological polar surface area (TPSA) is 21.3 Å². The molecule has 0 bridgehead atoms. The first-order valence-corrected chi connectivity index (χ1v) is 4.12. The van der Waals surface area contributed by atoms with Crippen LogP contribution in [0.3, 0.4) is 0 Å². The summed E-state index contributed by atoms with van der Waals surface area (Å²) in [6.45, 7) is 5.23. The fraction of sp³-hybridized carbons (Fsp3) is 1.00. The van der Waals surface area contributed by atoms with Gasteiger partial charge >= 0.3 is 0 Å². The maximum Gasteiger partial charge on any atom is 0.119 e. The molecule has 0 aromatic carbocycles. The number of nitrogens with one attached hydrogen (secondary N) is 1. The van der Waals surface area contributed by atoms with Crippen LogP contribution in [0.25, 0.3) is 0 Å². The lowest BCUT2D eigenvalue weighted by Crippen LogP contribution is -2.42. The zero-order valence-corrected chi connectivity index (χ0v) is 7.91. The molecule has 0 amide bonds. The standard InChI is InChI=1S/C8H15NO.ClH/c1-6-5-10-8(2,9-6)7-3-4-7;/h6-7,9H,3-5H2,1-2H3;1H. The van der Waals surface area contributed by atoms with E-state index in [0.717, 1.165) is 12.5 Å². The fourth-order valence-corrected chi connectivity index (χ4v) is 1.74. The van der Waals surface area contributed by atoms with Crippen molar-refractivity contribution >= 4 is 12.4 Å². The third-order valence-electron chi connectivity index (χ3n) is 2.52. The van der Waals surface area contributed by atoms with E-state index in [9.17, 15) is 0 Å². The summed E-state index contributed by atoms with van der Waals surface area (Å²) in [6.07, 6.45) is 2.69. The fourth-order valence-electron chi connectivity index (χ4n) is 1.74. The van der Waals surface area contributed by atoms with E-state index in [2.05, 4.69) is 19.2 Å². The van der Waals surface area contributed by atoms with Crippen molar-refractivity contribution in [2.75, 3.05) is 6.61 Å². The van der Waals surface area contributed by atoms with Gasteiger partial charge in [-0.25, -0.2) is 0 Å². The van der Waals surface area contributed by atoms with Gasteiger partial charge in [0.2, 0.25) is 0 Å². The highest BCUT2D eigenvalue weighted by Gasteiger charge is 2.46. The van der Waals surface area contributed by atoms with Gasteiger partial charge in [-0.1, -0.05) is 0 Å². The third-order valence-corrected chi connectivity index (χ3v) is 2.52. The zero-order chi connectivity index (χ0) is 7.19. The molecule has 2 fully saturated rings. The Kier molecular flexibility index (Phi) is 2.47. The van der Waals surface area contributed by atoms with Gasteiger partial charge in [-0.15, -0.1) is 12.4 Å². The molecule has 2 rings (SSSR count). The number of rotatable bonds is 1. The molecule has 1 N–H and O–H groups in total. The molecule has 2 nitrogen and oxygen atoms in total. The van der Waals surface area contributed by atoms with E-state index < -0.39 is 0 Å². The molecule has 1 aliphatic carbocycles. The van der Waals surface area contributed by atoms with Crippen LogP contribution in [0, 0.1) is 5.92 Å². The van der Waals surface area contributed by atoms with Crippen LogP contribution < -0.4 is 5.32 Å². The van der Waals surface area contributed by atoms with Crippen molar-refractivity contribution in [3.05, 3.63) is 0 Å². The normalized spacial score (nSPS) is 43.6. The minimum atomic E-state index is 0. The van der Waals surface area contributed by atoms with Crippen LogP contribution >= 0.6 is 12.4 Å². The molecule has 3 heteroatoms. The van der Waals surface area contributed by atoms with Gasteiger partial charge in [0.05, 0.1) is 6.61 Å². The first-order valence-electron chi connectivity index (χ1n) is 4.12. The van der Waals surface area contributed by atoms with Gasteiger partial charge in [0.15, 0.2) is 0 Å². The highest BCUT2D eigenvalue weighted by molar-refractivity contribution is 5.85. The summed E-state index contributed by atoms with van der Waals surface area (Å²) < 4.78 is 5.67. The maximum absolute atomic E-state index is 5.67. The van der Waals surface area contributed by atoms with Crippen LogP contribution in [-0.2, 0) is 4.74 Å². The lowest BCUT2D eigenvalue weighted by atomic mass is 10.1. The second-order valence-corrected chi connectivity index (χ2v) is 3.74. The van der Waals surface area contributed by atoms with Crippen LogP contribution in [0.1, 0.15) is 26.7 Å². The Morgan fingerprint density at radius 3 is 2.45 bits per heavy atom. The van der Waals surface area contributed by atoms with E-state index in [1.165, 1.54) is 12.8 Å². The first-order chi connectivity index (χ1) is 4.71. The number of ether oxygens (including phenoxy) is 1. The van der Waals surface area contributed by atoms with Crippen LogP contribution in [0.5, 0.6) is 0 Å². The lowest BCUT2D eigenvalue weighted by molar-refractivity contribution is -0.0125. The van der Waals surface area contributed by atoms with Crippen molar-refractivity contribution in [2.24, 2.45) is 5.92 Å². The monoisotopic (exact) mass is 177 g/mol. The minimum Gasteiger partial charge on any atom is -0.359 e. The van der Waals surface area contributed by atoms with Crippen LogP contribution in [0.4, 0.5) is 0 Å². The van der Waals surface area contributed by atoms with Crippen LogP contribution in [0.15, 0.2) is 0 Å². The first kappa shape index (κ1) is 9.30. The molecule has 0 spiro atoms. The highest BCUT2D eigenvalue weighted by Crippen LogP contribution is 2.42. The smallest absolute Gasteiger partial charge is 0.119 e. The van der Waals surface area contributed by atoms with E-state index in [-0.39, 0.29) is 18.1 Å². The summed E-state index contributed by atoms with van der Waals surface area (Å²) in [4.78, 5) is 0. The molecule has 2 atom stereocenters. The van der Waals surface area contributed by atoms with E-state index in [1.807, 2.05) is 0 Å². The molecule has 2 aliphatic rings. The Morgan fingerprint density at radius 2 is 2.09 bits per heavy atom. The molecule has 0 radical (unpaired) electrons. The molecule has 66 valence electrons. The Hall–Kier alpha value is 0.210. The number of halogens is 1. The van der Waals surface area contributed by atoms with Crippen molar-refractivity contribution in [3.8, 4) is 0 Å². The van der Waals surface area contributed by atoms with Crippen molar-refractivity contribution in [1.82, 2.24) is 5.32 Å². The largest absolute Gasteiger partial charge is 0.359 e. The van der Waals surface area contributed by atoms with E-state index >= 15 is 0 Å². The van der Waals surface area contributed by atoms with Gasteiger partial charge < -0.3 is 4.74 Å². The minimum absolute atomic E-state index is 0. The molecule has 2 unspecified atom stereocenters. The molecule has 1 saturated heterocycles. The summed E-state index contributed by atoms with van der Waals surface area (Å²) >= 11 is 0. The zero-order valence-electron chi connectivity index (χ0n) is 7.09. The Morgan fingerprint density at radius 1 is 1.45 bits per heavy atom. The van der Waals surface area contributed by atoms with Gasteiger partial charge in [0.1, 0.15) is 5.72 Å². The van der Waals surface area contributed by atoms with Gasteiger partial charge in [-0.3, -0.25) is 5.32 Å². The van der Waals surface area contributed by atoms with Crippen molar-refractivity contribution in [2.45, 2.75) is 38.5 Å². The van der Waals surface area contributed by atoms with Crippen LogP contribution in [0.2, 0.25) is 0 Å². The van der Waals surface area contributed by atoms with E-state index in [1.54, 1.807) is 0 Å². The molecule has 1 heterocycles. The number of hydrogen-bond acceptors (Lipinski definition) is 2. The Bertz CT molecular complexity index is 149. The summed E-state index contributed by atoms with van der Waals surface area (Å²) in [6, 6.07) is 0.547. The predicted octanol–water partition coefficient (Wildman–Crippen LogP) is 1.54. The second kappa shape index (κ2) is 2.92. The summed E-state index contributed by atoms with van der Waals surface area (Å²) in [5, 5.41) is 3.47. The Balaban J connectivity index is 0.000000605.